The number of nitrogens with zero attached hydrogens (tertiary/aromatic N) is 2. The molecule has 0 radical (unpaired) electrons. The number of carbonyl (C=O) groups excluding carboxylic acids is 1. The van der Waals surface area contributed by atoms with Gasteiger partial charge in [0.1, 0.15) is 11.4 Å². The number of rotatable bonds is 5. The summed E-state index contributed by atoms with van der Waals surface area (Å²) in [6.07, 6.45) is 2.15. The lowest BCUT2D eigenvalue weighted by Crippen LogP contribution is -2.42. The summed E-state index contributed by atoms with van der Waals surface area (Å²) in [6.45, 7) is 3.96. The average molecular weight is 454 g/mol. The van der Waals surface area contributed by atoms with Crippen LogP contribution in [0.25, 0.3) is 0 Å². The molecule has 2 aromatic carbocycles. The van der Waals surface area contributed by atoms with Crippen molar-refractivity contribution in [3.63, 3.8) is 0 Å². The molecule has 0 aromatic heterocycles. The summed E-state index contributed by atoms with van der Waals surface area (Å²) >= 11 is 15.7. The van der Waals surface area contributed by atoms with Crippen LogP contribution in [0.2, 0.25) is 10.0 Å². The van der Waals surface area contributed by atoms with Gasteiger partial charge in [-0.05, 0) is 49.2 Å². The first kappa shape index (κ1) is 19.4. The van der Waals surface area contributed by atoms with Gasteiger partial charge in [0, 0.05) is 27.4 Å². The van der Waals surface area contributed by atoms with E-state index in [1.807, 2.05) is 31.2 Å². The van der Waals surface area contributed by atoms with E-state index in [-0.39, 0.29) is 5.91 Å². The highest BCUT2D eigenvalue weighted by molar-refractivity contribution is 9.10. The van der Waals surface area contributed by atoms with Crippen LogP contribution in [0.3, 0.4) is 0 Å². The quantitative estimate of drug-likeness (QED) is 0.522. The van der Waals surface area contributed by atoms with Gasteiger partial charge in [-0.15, -0.1) is 0 Å². The monoisotopic (exact) mass is 452 g/mol. The molecule has 1 atom stereocenters. The number of carbonyl (C=O) groups is 1. The van der Waals surface area contributed by atoms with Crippen molar-refractivity contribution in [1.29, 1.82) is 0 Å². The van der Waals surface area contributed by atoms with Gasteiger partial charge in [-0.1, -0.05) is 58.2 Å². The van der Waals surface area contributed by atoms with E-state index in [2.05, 4.69) is 22.9 Å². The fourth-order valence-corrected chi connectivity index (χ4v) is 3.96. The Morgan fingerprint density at radius 3 is 2.31 bits per heavy atom. The van der Waals surface area contributed by atoms with Crippen molar-refractivity contribution in [3.8, 4) is 0 Å². The number of hydrogen-bond donors (Lipinski definition) is 0. The van der Waals surface area contributed by atoms with Crippen LogP contribution in [-0.2, 0) is 11.2 Å². The Kier molecular flexibility index (Phi) is 5.75. The highest BCUT2D eigenvalue weighted by Gasteiger charge is 2.45. The van der Waals surface area contributed by atoms with Gasteiger partial charge in [0.2, 0.25) is 0 Å². The lowest BCUT2D eigenvalue weighted by atomic mass is 9.93. The molecule has 0 fully saturated rings. The molecule has 6 heteroatoms. The molecule has 0 N–H and O–H groups in total. The molecule has 0 saturated carbocycles. The first-order valence-electron chi connectivity index (χ1n) is 8.46. The molecule has 26 heavy (non-hydrogen) atoms. The molecule has 2 aromatic rings. The highest BCUT2D eigenvalue weighted by atomic mass is 79.9. The molecular weight excluding hydrogens is 435 g/mol. The van der Waals surface area contributed by atoms with Gasteiger partial charge in [-0.2, -0.15) is 0 Å². The number of aliphatic imine (C=N–C) groups is 1. The fraction of sp³-hybridized carbons (Fsp3) is 0.300. The molecule has 1 unspecified atom stereocenters. The van der Waals surface area contributed by atoms with Gasteiger partial charge in [-0.3, -0.25) is 14.7 Å². The van der Waals surface area contributed by atoms with Crippen molar-refractivity contribution in [2.75, 3.05) is 4.90 Å². The third-order valence-corrected chi connectivity index (χ3v) is 5.30. The van der Waals surface area contributed by atoms with E-state index in [0.29, 0.717) is 28.6 Å². The van der Waals surface area contributed by atoms with Gasteiger partial charge in [-0.25, -0.2) is 0 Å². The van der Waals surface area contributed by atoms with Crippen LogP contribution in [0.5, 0.6) is 0 Å². The van der Waals surface area contributed by atoms with E-state index in [4.69, 9.17) is 28.2 Å². The van der Waals surface area contributed by atoms with Crippen LogP contribution in [0.1, 0.15) is 32.3 Å². The van der Waals surface area contributed by atoms with Crippen molar-refractivity contribution in [1.82, 2.24) is 0 Å². The van der Waals surface area contributed by atoms with Crippen LogP contribution in [0.15, 0.2) is 51.9 Å². The summed E-state index contributed by atoms with van der Waals surface area (Å²) in [5.74, 6) is 0.706. The Morgan fingerprint density at radius 2 is 1.73 bits per heavy atom. The van der Waals surface area contributed by atoms with Crippen molar-refractivity contribution in [2.45, 2.75) is 38.6 Å². The van der Waals surface area contributed by atoms with Gasteiger partial charge in [0.25, 0.3) is 5.91 Å². The molecule has 3 nitrogen and oxygen atoms in total. The van der Waals surface area contributed by atoms with Gasteiger partial charge < -0.3 is 0 Å². The number of benzene rings is 2. The van der Waals surface area contributed by atoms with Crippen molar-refractivity contribution in [2.24, 2.45) is 4.99 Å². The van der Waals surface area contributed by atoms with Gasteiger partial charge in [0.05, 0.1) is 5.69 Å². The molecule has 1 aliphatic rings. The Labute approximate surface area is 172 Å². The topological polar surface area (TPSA) is 32.7 Å². The summed E-state index contributed by atoms with van der Waals surface area (Å²) in [5, 5.41) is 0.996. The van der Waals surface area contributed by atoms with E-state index in [1.54, 1.807) is 23.1 Å². The SMILES string of the molecule is CCCC1=NC(C)(Cc2ccc(Br)cc2)C(=O)N1c1cc(Cl)cc(Cl)c1. The van der Waals surface area contributed by atoms with Crippen LogP contribution in [-0.4, -0.2) is 17.3 Å². The highest BCUT2D eigenvalue weighted by Crippen LogP contribution is 2.35. The van der Waals surface area contributed by atoms with E-state index in [9.17, 15) is 4.79 Å². The number of amides is 1. The molecule has 136 valence electrons. The second kappa shape index (κ2) is 7.71. The Balaban J connectivity index is 1.98. The molecule has 0 spiro atoms. The summed E-state index contributed by atoms with van der Waals surface area (Å²) in [6, 6.07) is 13.1. The number of halogens is 3. The molecule has 1 aliphatic heterocycles. The third-order valence-electron chi connectivity index (χ3n) is 4.34. The van der Waals surface area contributed by atoms with Crippen molar-refractivity contribution >= 4 is 56.6 Å². The second-order valence-electron chi connectivity index (χ2n) is 6.62. The maximum atomic E-state index is 13.3. The molecular formula is C20H19BrCl2N2O. The van der Waals surface area contributed by atoms with Crippen molar-refractivity contribution in [3.05, 3.63) is 62.5 Å². The molecule has 0 bridgehead atoms. The first-order chi connectivity index (χ1) is 12.3. The van der Waals surface area contributed by atoms with E-state index < -0.39 is 5.54 Å². The van der Waals surface area contributed by atoms with E-state index >= 15 is 0 Å². The average Bonchev–Trinajstić information content (AvgIpc) is 2.80. The number of anilines is 1. The normalized spacial score (nSPS) is 19.8. The van der Waals surface area contributed by atoms with Crippen LogP contribution in [0, 0.1) is 0 Å². The Hall–Kier alpha value is -1.36. The zero-order valence-electron chi connectivity index (χ0n) is 14.6. The standard InChI is InChI=1S/C20H19BrCl2N2O/c1-3-4-18-24-20(2,12-13-5-7-14(21)8-6-13)19(26)25(18)17-10-15(22)9-16(23)11-17/h5-11H,3-4,12H2,1-2H3. The lowest BCUT2D eigenvalue weighted by molar-refractivity contribution is -0.121. The first-order valence-corrected chi connectivity index (χ1v) is 10.0. The molecule has 3 rings (SSSR count). The maximum Gasteiger partial charge on any atom is 0.260 e. The lowest BCUT2D eigenvalue weighted by Gasteiger charge is -2.23. The minimum absolute atomic E-state index is 0.0535. The minimum atomic E-state index is -0.840. The molecule has 0 saturated heterocycles. The summed E-state index contributed by atoms with van der Waals surface area (Å²) in [4.78, 5) is 19.8. The minimum Gasteiger partial charge on any atom is -0.271 e. The largest absolute Gasteiger partial charge is 0.271 e. The summed E-state index contributed by atoms with van der Waals surface area (Å²) in [5.41, 5.74) is 0.890. The Morgan fingerprint density at radius 1 is 1.12 bits per heavy atom. The maximum absolute atomic E-state index is 13.3. The third kappa shape index (κ3) is 3.98. The van der Waals surface area contributed by atoms with Gasteiger partial charge in [0.15, 0.2) is 0 Å². The second-order valence-corrected chi connectivity index (χ2v) is 8.41. The number of amidine groups is 1. The molecule has 1 amide bonds. The smallest absolute Gasteiger partial charge is 0.260 e. The van der Waals surface area contributed by atoms with Crippen LogP contribution < -0.4 is 4.90 Å². The van der Waals surface area contributed by atoms with Crippen molar-refractivity contribution < 1.29 is 4.79 Å². The predicted molar refractivity (Wildman–Crippen MR) is 113 cm³/mol. The zero-order chi connectivity index (χ0) is 18.9. The van der Waals surface area contributed by atoms with E-state index in [1.165, 1.54) is 0 Å². The van der Waals surface area contributed by atoms with Crippen LogP contribution >= 0.6 is 39.1 Å². The zero-order valence-corrected chi connectivity index (χ0v) is 17.7. The molecule has 0 aliphatic carbocycles. The van der Waals surface area contributed by atoms with Crippen LogP contribution in [0.4, 0.5) is 5.69 Å². The number of hydrogen-bond acceptors (Lipinski definition) is 2. The van der Waals surface area contributed by atoms with Gasteiger partial charge >= 0.3 is 0 Å². The van der Waals surface area contributed by atoms with E-state index in [0.717, 1.165) is 22.3 Å². The summed E-state index contributed by atoms with van der Waals surface area (Å²) < 4.78 is 1.01. The summed E-state index contributed by atoms with van der Waals surface area (Å²) in [7, 11) is 0. The fourth-order valence-electron chi connectivity index (χ4n) is 3.18. The molecule has 1 heterocycles. The predicted octanol–water partition coefficient (Wildman–Crippen LogP) is 6.30. The Bertz CT molecular complexity index is 846.